The Morgan fingerprint density at radius 3 is 2.19 bits per heavy atom. The van der Waals surface area contributed by atoms with Crippen molar-refractivity contribution < 1.29 is 31.9 Å². The largest absolute Gasteiger partial charge is 0.497 e. The number of aromatic nitrogens is 1. The monoisotopic (exact) mass is 448 g/mol. The van der Waals surface area contributed by atoms with Gasteiger partial charge in [0.25, 0.3) is 10.0 Å². The summed E-state index contributed by atoms with van der Waals surface area (Å²) in [6.45, 7) is 3.79. The van der Waals surface area contributed by atoms with Gasteiger partial charge in [-0.25, -0.2) is 8.42 Å². The van der Waals surface area contributed by atoms with Crippen molar-refractivity contribution in [2.75, 3.05) is 26.1 Å². The van der Waals surface area contributed by atoms with Crippen molar-refractivity contribution in [1.29, 1.82) is 0 Å². The highest BCUT2D eigenvalue weighted by molar-refractivity contribution is 7.93. The molecule has 0 amide bonds. The number of benzene rings is 2. The van der Waals surface area contributed by atoms with Crippen molar-refractivity contribution in [1.82, 2.24) is 5.16 Å². The molecule has 2 aromatic carbocycles. The van der Waals surface area contributed by atoms with Crippen LogP contribution < -0.4 is 23.7 Å². The summed E-state index contributed by atoms with van der Waals surface area (Å²) < 4.78 is 55.3. The Kier molecular flexibility index (Phi) is 6.59. The maximum Gasteiger partial charge on any atom is 0.270 e. The number of methoxy groups -OCH3 is 3. The van der Waals surface area contributed by atoms with E-state index in [2.05, 4.69) is 9.88 Å². The van der Waals surface area contributed by atoms with Crippen LogP contribution in [0, 0.1) is 0 Å². The Hall–Kier alpha value is -3.40. The maximum absolute atomic E-state index is 13.0. The number of nitrogens with one attached hydrogen (secondary N) is 1. The van der Waals surface area contributed by atoms with Gasteiger partial charge >= 0.3 is 0 Å². The smallest absolute Gasteiger partial charge is 0.270 e. The molecule has 0 aliphatic rings. The zero-order valence-electron chi connectivity index (χ0n) is 17.8. The highest BCUT2D eigenvalue weighted by Gasteiger charge is 2.26. The molecule has 1 heterocycles. The molecule has 10 heteroatoms. The molecular formula is C21H24N2O7S. The van der Waals surface area contributed by atoms with Gasteiger partial charge in [0.05, 0.1) is 33.0 Å². The number of ether oxygens (including phenoxy) is 4. The fraction of sp³-hybridized carbons (Fsp3) is 0.286. The third-order valence-electron chi connectivity index (χ3n) is 4.22. The van der Waals surface area contributed by atoms with E-state index < -0.39 is 10.0 Å². The summed E-state index contributed by atoms with van der Waals surface area (Å²) >= 11 is 0. The van der Waals surface area contributed by atoms with Gasteiger partial charge < -0.3 is 23.5 Å². The molecule has 3 aromatic rings. The molecule has 0 unspecified atom stereocenters. The molecule has 9 nitrogen and oxygen atoms in total. The van der Waals surface area contributed by atoms with Crippen LogP contribution in [0.2, 0.25) is 0 Å². The molecule has 1 aromatic heterocycles. The van der Waals surface area contributed by atoms with E-state index in [1.807, 2.05) is 13.8 Å². The Labute approximate surface area is 180 Å². The van der Waals surface area contributed by atoms with Crippen LogP contribution in [-0.4, -0.2) is 41.0 Å². The lowest BCUT2D eigenvalue weighted by Crippen LogP contribution is -2.15. The van der Waals surface area contributed by atoms with Gasteiger partial charge in [-0.2, -0.15) is 0 Å². The molecule has 0 spiro atoms. The van der Waals surface area contributed by atoms with Crippen LogP contribution in [0.4, 0.5) is 5.82 Å². The zero-order chi connectivity index (χ0) is 22.6. The van der Waals surface area contributed by atoms with E-state index in [-0.39, 0.29) is 28.3 Å². The molecule has 0 saturated heterocycles. The van der Waals surface area contributed by atoms with Crippen LogP contribution in [0.3, 0.4) is 0 Å². The lowest BCUT2D eigenvalue weighted by atomic mass is 10.1. The number of rotatable bonds is 9. The topological polar surface area (TPSA) is 109 Å². The predicted octanol–water partition coefficient (Wildman–Crippen LogP) is 3.96. The van der Waals surface area contributed by atoms with Crippen LogP contribution in [0.5, 0.6) is 23.0 Å². The van der Waals surface area contributed by atoms with E-state index in [0.717, 1.165) is 0 Å². The molecule has 0 aliphatic heterocycles. The Bertz CT molecular complexity index is 1130. The minimum absolute atomic E-state index is 0.0127. The average Bonchev–Trinajstić information content (AvgIpc) is 3.20. The van der Waals surface area contributed by atoms with Gasteiger partial charge in [-0.3, -0.25) is 4.72 Å². The van der Waals surface area contributed by atoms with E-state index in [1.165, 1.54) is 32.4 Å². The minimum Gasteiger partial charge on any atom is -0.497 e. The van der Waals surface area contributed by atoms with Gasteiger partial charge in [0.1, 0.15) is 23.0 Å². The molecule has 1 N–H and O–H groups in total. The first-order valence-electron chi connectivity index (χ1n) is 9.34. The second-order valence-electron chi connectivity index (χ2n) is 6.70. The van der Waals surface area contributed by atoms with Gasteiger partial charge in [0.15, 0.2) is 16.5 Å². The van der Waals surface area contributed by atoms with Crippen molar-refractivity contribution >= 4 is 15.8 Å². The van der Waals surface area contributed by atoms with Crippen LogP contribution in [0.25, 0.3) is 11.3 Å². The van der Waals surface area contributed by atoms with Crippen LogP contribution in [0.15, 0.2) is 51.9 Å². The van der Waals surface area contributed by atoms with Gasteiger partial charge in [-0.1, -0.05) is 11.2 Å². The first kappa shape index (κ1) is 22.3. The average molecular weight is 448 g/mol. The number of hydrogen-bond donors (Lipinski definition) is 1. The van der Waals surface area contributed by atoms with Crippen molar-refractivity contribution in [2.24, 2.45) is 0 Å². The fourth-order valence-corrected chi connectivity index (χ4v) is 4.21. The summed E-state index contributed by atoms with van der Waals surface area (Å²) in [7, 11) is 0.208. The summed E-state index contributed by atoms with van der Waals surface area (Å²) in [4.78, 5) is -0.144. The molecule has 3 rings (SSSR count). The number of nitrogens with zero attached hydrogens (tertiary/aromatic N) is 1. The second kappa shape index (κ2) is 9.17. The minimum atomic E-state index is -4.09. The summed E-state index contributed by atoms with van der Waals surface area (Å²) in [5.74, 6) is 1.70. The maximum atomic E-state index is 13.0. The van der Waals surface area contributed by atoms with E-state index in [0.29, 0.717) is 22.8 Å². The summed E-state index contributed by atoms with van der Waals surface area (Å²) in [5.41, 5.74) is 0.570. The normalized spacial score (nSPS) is 11.3. The first-order valence-corrected chi connectivity index (χ1v) is 10.8. The molecular weight excluding hydrogens is 424 g/mol. The Morgan fingerprint density at radius 2 is 1.61 bits per heavy atom. The molecule has 31 heavy (non-hydrogen) atoms. The van der Waals surface area contributed by atoms with E-state index >= 15 is 0 Å². The quantitative estimate of drug-likeness (QED) is 0.524. The fourth-order valence-electron chi connectivity index (χ4n) is 2.91. The van der Waals surface area contributed by atoms with E-state index in [4.69, 9.17) is 23.5 Å². The highest BCUT2D eigenvalue weighted by atomic mass is 32.2. The molecule has 0 fully saturated rings. The number of hydrogen-bond acceptors (Lipinski definition) is 8. The van der Waals surface area contributed by atoms with Crippen LogP contribution >= 0.6 is 0 Å². The number of sulfonamides is 1. The van der Waals surface area contributed by atoms with Crippen LogP contribution in [0.1, 0.15) is 13.8 Å². The van der Waals surface area contributed by atoms with Crippen molar-refractivity contribution in [3.05, 3.63) is 42.5 Å². The lowest BCUT2D eigenvalue weighted by molar-refractivity contribution is 0.242. The summed E-state index contributed by atoms with van der Waals surface area (Å²) in [6.07, 6.45) is -0.0777. The third kappa shape index (κ3) is 4.85. The van der Waals surface area contributed by atoms with Crippen LogP contribution in [-0.2, 0) is 10.0 Å². The zero-order valence-corrected chi connectivity index (χ0v) is 18.6. The predicted molar refractivity (Wildman–Crippen MR) is 115 cm³/mol. The SMILES string of the molecule is COc1ccc(OC(C)C)c(-c2cc(NS(=O)(=O)c3c(OC)cccc3OC)no2)c1. The van der Waals surface area contributed by atoms with Crippen molar-refractivity contribution in [2.45, 2.75) is 24.8 Å². The Morgan fingerprint density at radius 1 is 0.935 bits per heavy atom. The number of anilines is 1. The first-order chi connectivity index (χ1) is 14.8. The van der Waals surface area contributed by atoms with Gasteiger partial charge in [-0.15, -0.1) is 0 Å². The summed E-state index contributed by atoms with van der Waals surface area (Å²) in [5, 5.41) is 3.85. The van der Waals surface area contributed by atoms with E-state index in [9.17, 15) is 8.42 Å². The molecule has 0 bridgehead atoms. The molecule has 0 aliphatic carbocycles. The Balaban J connectivity index is 1.98. The van der Waals surface area contributed by atoms with Gasteiger partial charge in [0, 0.05) is 6.07 Å². The molecule has 0 atom stereocenters. The third-order valence-corrected chi connectivity index (χ3v) is 5.63. The van der Waals surface area contributed by atoms with Gasteiger partial charge in [-0.05, 0) is 44.2 Å². The molecule has 0 radical (unpaired) electrons. The van der Waals surface area contributed by atoms with E-state index in [1.54, 1.807) is 31.4 Å². The highest BCUT2D eigenvalue weighted by Crippen LogP contribution is 2.37. The van der Waals surface area contributed by atoms with Crippen molar-refractivity contribution in [3.63, 3.8) is 0 Å². The molecule has 0 saturated carbocycles. The van der Waals surface area contributed by atoms with Gasteiger partial charge in [0.2, 0.25) is 0 Å². The lowest BCUT2D eigenvalue weighted by Gasteiger charge is -2.14. The standard InChI is InChI=1S/C21H24N2O7S/c1-13(2)29-16-10-9-14(26-3)11-15(16)19-12-20(22-30-19)23-31(24,25)21-17(27-4)7-6-8-18(21)28-5/h6-13H,1-5H3,(H,22,23). The summed E-state index contributed by atoms with van der Waals surface area (Å²) in [6, 6.07) is 11.4. The van der Waals surface area contributed by atoms with Crippen molar-refractivity contribution in [3.8, 4) is 34.3 Å². The molecule has 166 valence electrons. The second-order valence-corrected chi connectivity index (χ2v) is 8.32.